The Hall–Kier alpha value is -1.73. The zero-order chi connectivity index (χ0) is 12.7. The van der Waals surface area contributed by atoms with Gasteiger partial charge in [-0.3, -0.25) is 4.79 Å². The van der Waals surface area contributed by atoms with Gasteiger partial charge in [-0.1, -0.05) is 23.7 Å². The number of ether oxygens (including phenoxy) is 1. The average molecular weight is 253 g/mol. The molecule has 0 aromatic heterocycles. The predicted molar refractivity (Wildman–Crippen MR) is 65.7 cm³/mol. The third-order valence-electron chi connectivity index (χ3n) is 2.04. The summed E-state index contributed by atoms with van der Waals surface area (Å²) in [5.74, 6) is -0.404. The fourth-order valence-electron chi connectivity index (χ4n) is 1.28. The highest BCUT2D eigenvalue weighted by Gasteiger charge is 2.14. The molecule has 17 heavy (non-hydrogen) atoms. The number of hydrogen-bond donors (Lipinski definition) is 1. The van der Waals surface area contributed by atoms with Crippen molar-refractivity contribution in [2.24, 2.45) is 0 Å². The molecule has 4 nitrogen and oxygen atoms in total. The van der Waals surface area contributed by atoms with Crippen LogP contribution in [0.25, 0.3) is 0 Å². The van der Waals surface area contributed by atoms with Crippen molar-refractivity contribution in [2.75, 3.05) is 11.9 Å². The summed E-state index contributed by atoms with van der Waals surface area (Å²) in [5.41, 5.74) is 0.630. The van der Waals surface area contributed by atoms with Crippen LogP contribution in [0.2, 0.25) is 5.02 Å². The Morgan fingerprint density at radius 2 is 2.29 bits per heavy atom. The molecular weight excluding hydrogens is 240 g/mol. The van der Waals surface area contributed by atoms with Crippen LogP contribution in [0.3, 0.4) is 0 Å². The van der Waals surface area contributed by atoms with E-state index in [9.17, 15) is 4.79 Å². The molecule has 1 rings (SSSR count). The first kappa shape index (κ1) is 13.3. The molecule has 0 radical (unpaired) electrons. The largest absolute Gasteiger partial charge is 0.466 e. The van der Waals surface area contributed by atoms with Crippen molar-refractivity contribution in [3.63, 3.8) is 0 Å². The molecule has 0 aliphatic rings. The lowest BCUT2D eigenvalue weighted by Gasteiger charge is -2.13. The maximum atomic E-state index is 11.2. The zero-order valence-electron chi connectivity index (χ0n) is 9.44. The minimum atomic E-state index is -0.644. The molecule has 0 amide bonds. The third kappa shape index (κ3) is 4.33. The lowest BCUT2D eigenvalue weighted by atomic mass is 10.2. The van der Waals surface area contributed by atoms with Gasteiger partial charge in [0.1, 0.15) is 6.04 Å². The van der Waals surface area contributed by atoms with Gasteiger partial charge in [-0.15, -0.1) is 0 Å². The van der Waals surface area contributed by atoms with Crippen LogP contribution in [0.5, 0.6) is 0 Å². The van der Waals surface area contributed by atoms with Crippen molar-refractivity contribution in [1.29, 1.82) is 5.26 Å². The summed E-state index contributed by atoms with van der Waals surface area (Å²) in [4.78, 5) is 11.2. The summed E-state index contributed by atoms with van der Waals surface area (Å²) in [5, 5.41) is 12.3. The molecule has 0 saturated heterocycles. The van der Waals surface area contributed by atoms with Crippen LogP contribution in [-0.4, -0.2) is 18.6 Å². The van der Waals surface area contributed by atoms with Crippen molar-refractivity contribution >= 4 is 23.3 Å². The van der Waals surface area contributed by atoms with Crippen molar-refractivity contribution in [1.82, 2.24) is 0 Å². The summed E-state index contributed by atoms with van der Waals surface area (Å²) in [6.45, 7) is 2.03. The normalized spacial score (nSPS) is 11.4. The Bertz CT molecular complexity index is 429. The maximum Gasteiger partial charge on any atom is 0.308 e. The quantitative estimate of drug-likeness (QED) is 0.819. The monoisotopic (exact) mass is 252 g/mol. The van der Waals surface area contributed by atoms with Gasteiger partial charge in [0.25, 0.3) is 0 Å². The van der Waals surface area contributed by atoms with Crippen molar-refractivity contribution in [2.45, 2.75) is 19.4 Å². The second kappa shape index (κ2) is 6.77. The SMILES string of the molecule is CCOC(=O)CC(C#N)Nc1ccccc1Cl. The van der Waals surface area contributed by atoms with Crippen LogP contribution in [-0.2, 0) is 9.53 Å². The maximum absolute atomic E-state index is 11.2. The van der Waals surface area contributed by atoms with Gasteiger partial charge in [0.2, 0.25) is 0 Å². The van der Waals surface area contributed by atoms with Crippen molar-refractivity contribution in [3.05, 3.63) is 29.3 Å². The molecule has 1 aromatic carbocycles. The van der Waals surface area contributed by atoms with E-state index >= 15 is 0 Å². The molecule has 0 bridgehead atoms. The van der Waals surface area contributed by atoms with Crippen LogP contribution in [0, 0.1) is 11.3 Å². The number of esters is 1. The smallest absolute Gasteiger partial charge is 0.308 e. The van der Waals surface area contributed by atoms with Gasteiger partial charge >= 0.3 is 5.97 Å². The molecule has 0 aliphatic heterocycles. The van der Waals surface area contributed by atoms with Gasteiger partial charge in [0, 0.05) is 0 Å². The van der Waals surface area contributed by atoms with Crippen molar-refractivity contribution in [3.8, 4) is 6.07 Å². The lowest BCUT2D eigenvalue weighted by molar-refractivity contribution is -0.143. The molecule has 5 heteroatoms. The fourth-order valence-corrected chi connectivity index (χ4v) is 1.47. The van der Waals surface area contributed by atoms with Gasteiger partial charge < -0.3 is 10.1 Å². The molecule has 90 valence electrons. The Labute approximate surface area is 105 Å². The highest BCUT2D eigenvalue weighted by atomic mass is 35.5. The van der Waals surface area contributed by atoms with E-state index in [1.165, 1.54) is 0 Å². The van der Waals surface area contributed by atoms with E-state index < -0.39 is 12.0 Å². The molecule has 1 atom stereocenters. The van der Waals surface area contributed by atoms with Gasteiger partial charge in [-0.25, -0.2) is 0 Å². The molecule has 1 N–H and O–H groups in total. The first-order valence-corrected chi connectivity index (χ1v) is 5.61. The van der Waals surface area contributed by atoms with E-state index in [0.29, 0.717) is 17.3 Å². The first-order chi connectivity index (χ1) is 8.17. The Balaban J connectivity index is 2.62. The number of halogens is 1. The topological polar surface area (TPSA) is 62.1 Å². The van der Waals surface area contributed by atoms with E-state index in [1.54, 1.807) is 31.2 Å². The van der Waals surface area contributed by atoms with Crippen LogP contribution < -0.4 is 5.32 Å². The van der Waals surface area contributed by atoms with E-state index in [1.807, 2.05) is 6.07 Å². The zero-order valence-corrected chi connectivity index (χ0v) is 10.2. The summed E-state index contributed by atoms with van der Waals surface area (Å²) < 4.78 is 4.78. The standard InChI is InChI=1S/C12H13ClN2O2/c1-2-17-12(16)7-9(8-14)15-11-6-4-3-5-10(11)13/h3-6,9,15H,2,7H2,1H3. The van der Waals surface area contributed by atoms with Crippen LogP contribution in [0.1, 0.15) is 13.3 Å². The van der Waals surface area contributed by atoms with Gasteiger partial charge in [-0.05, 0) is 19.1 Å². The Kier molecular flexibility index (Phi) is 5.31. The first-order valence-electron chi connectivity index (χ1n) is 5.23. The number of hydrogen-bond acceptors (Lipinski definition) is 4. The molecule has 1 aromatic rings. The minimum Gasteiger partial charge on any atom is -0.466 e. The molecule has 1 unspecified atom stereocenters. The summed E-state index contributed by atoms with van der Waals surface area (Å²) in [6, 6.07) is 8.40. The van der Waals surface area contributed by atoms with Crippen molar-refractivity contribution < 1.29 is 9.53 Å². The number of benzene rings is 1. The Morgan fingerprint density at radius 3 is 2.88 bits per heavy atom. The summed E-state index contributed by atoms with van der Waals surface area (Å²) in [6.07, 6.45) is -0.00440. The number of para-hydroxylation sites is 1. The van der Waals surface area contributed by atoms with E-state index in [0.717, 1.165) is 0 Å². The van der Waals surface area contributed by atoms with Crippen LogP contribution in [0.4, 0.5) is 5.69 Å². The average Bonchev–Trinajstić information content (AvgIpc) is 2.31. The number of nitriles is 1. The number of nitrogens with zero attached hydrogens (tertiary/aromatic N) is 1. The molecule has 0 heterocycles. The van der Waals surface area contributed by atoms with Gasteiger partial charge in [0.05, 0.1) is 29.8 Å². The number of nitrogens with one attached hydrogen (secondary N) is 1. The number of rotatable bonds is 5. The Morgan fingerprint density at radius 1 is 1.59 bits per heavy atom. The number of carbonyl (C=O) groups is 1. The fraction of sp³-hybridized carbons (Fsp3) is 0.333. The highest BCUT2D eigenvalue weighted by Crippen LogP contribution is 2.21. The summed E-state index contributed by atoms with van der Waals surface area (Å²) in [7, 11) is 0. The van der Waals surface area contributed by atoms with E-state index in [-0.39, 0.29) is 6.42 Å². The molecular formula is C12H13ClN2O2. The van der Waals surface area contributed by atoms with Crippen LogP contribution in [0.15, 0.2) is 24.3 Å². The van der Waals surface area contributed by atoms with E-state index in [4.69, 9.17) is 21.6 Å². The highest BCUT2D eigenvalue weighted by molar-refractivity contribution is 6.33. The summed E-state index contributed by atoms with van der Waals surface area (Å²) >= 11 is 5.93. The molecule has 0 spiro atoms. The minimum absolute atomic E-state index is 0.00440. The molecule has 0 saturated carbocycles. The van der Waals surface area contributed by atoms with E-state index in [2.05, 4.69) is 5.32 Å². The number of carbonyl (C=O) groups excluding carboxylic acids is 1. The third-order valence-corrected chi connectivity index (χ3v) is 2.37. The molecule has 0 aliphatic carbocycles. The molecule has 0 fully saturated rings. The van der Waals surface area contributed by atoms with Gasteiger partial charge in [0.15, 0.2) is 0 Å². The van der Waals surface area contributed by atoms with Crippen LogP contribution >= 0.6 is 11.6 Å². The second-order valence-electron chi connectivity index (χ2n) is 3.32. The second-order valence-corrected chi connectivity index (χ2v) is 3.72. The lowest BCUT2D eigenvalue weighted by Crippen LogP contribution is -2.22. The van der Waals surface area contributed by atoms with Gasteiger partial charge in [-0.2, -0.15) is 5.26 Å². The predicted octanol–water partition coefficient (Wildman–Crippen LogP) is 2.60. The number of anilines is 1.